The van der Waals surface area contributed by atoms with Crippen molar-refractivity contribution in [2.24, 2.45) is 5.90 Å². The van der Waals surface area contributed by atoms with Crippen molar-refractivity contribution in [3.8, 4) is 11.5 Å². The summed E-state index contributed by atoms with van der Waals surface area (Å²) >= 11 is 0. The van der Waals surface area contributed by atoms with Crippen LogP contribution in [0.3, 0.4) is 0 Å². The van der Waals surface area contributed by atoms with E-state index in [0.29, 0.717) is 12.4 Å². The van der Waals surface area contributed by atoms with E-state index in [2.05, 4.69) is 4.84 Å². The smallest absolute Gasteiger partial charge is 0.119 e. The first-order chi connectivity index (χ1) is 7.01. The molecule has 0 unspecified atom stereocenters. The third-order valence-electron chi connectivity index (χ3n) is 2.38. The Kier molecular flexibility index (Phi) is 3.55. The van der Waals surface area contributed by atoms with Gasteiger partial charge in [0, 0.05) is 11.0 Å². The first kappa shape index (κ1) is 11.8. The van der Waals surface area contributed by atoms with Gasteiger partial charge < -0.3 is 14.7 Å². The highest BCUT2D eigenvalue weighted by atomic mass is 16.6. The van der Waals surface area contributed by atoms with Crippen LogP contribution >= 0.6 is 0 Å². The maximum absolute atomic E-state index is 9.74. The number of aromatic hydroxyl groups is 1. The first-order valence-corrected chi connectivity index (χ1v) is 4.70. The molecule has 0 amide bonds. The number of ether oxygens (including phenoxy) is 1. The molecule has 0 bridgehead atoms. The number of hydrogen-bond donors (Lipinski definition) is 2. The topological polar surface area (TPSA) is 64.7 Å². The molecule has 0 aliphatic carbocycles. The Balaban J connectivity index is 3.11. The minimum atomic E-state index is -0.354. The van der Waals surface area contributed by atoms with E-state index in [1.54, 1.807) is 25.3 Å². The molecular formula is C11H17NO3. The molecule has 0 atom stereocenters. The molecule has 1 aromatic rings. The highest BCUT2D eigenvalue weighted by Gasteiger charge is 2.24. The minimum absolute atomic E-state index is 0.220. The van der Waals surface area contributed by atoms with Gasteiger partial charge in [0.15, 0.2) is 0 Å². The molecule has 3 N–H and O–H groups in total. The molecule has 0 heterocycles. The third-order valence-corrected chi connectivity index (χ3v) is 2.38. The van der Waals surface area contributed by atoms with Crippen molar-refractivity contribution in [2.45, 2.75) is 19.3 Å². The van der Waals surface area contributed by atoms with Crippen LogP contribution in [0.15, 0.2) is 18.2 Å². The number of methoxy groups -OCH3 is 1. The highest BCUT2D eigenvalue weighted by molar-refractivity contribution is 5.43. The van der Waals surface area contributed by atoms with Crippen molar-refractivity contribution >= 4 is 0 Å². The van der Waals surface area contributed by atoms with Crippen LogP contribution in [0.4, 0.5) is 0 Å². The summed E-state index contributed by atoms with van der Waals surface area (Å²) in [5, 5.41) is 9.74. The Morgan fingerprint density at radius 2 is 2.07 bits per heavy atom. The first-order valence-electron chi connectivity index (χ1n) is 4.70. The van der Waals surface area contributed by atoms with E-state index in [-0.39, 0.29) is 11.2 Å². The van der Waals surface area contributed by atoms with Crippen molar-refractivity contribution < 1.29 is 14.7 Å². The number of phenolic OH excluding ortho intramolecular Hbond substituents is 1. The molecule has 84 valence electrons. The van der Waals surface area contributed by atoms with Crippen LogP contribution in [0, 0.1) is 0 Å². The zero-order valence-corrected chi connectivity index (χ0v) is 9.28. The number of nitrogens with two attached hydrogens (primary N) is 1. The molecule has 0 radical (unpaired) electrons. The second-order valence-corrected chi connectivity index (χ2v) is 4.08. The Morgan fingerprint density at radius 1 is 1.40 bits per heavy atom. The lowest BCUT2D eigenvalue weighted by atomic mass is 9.85. The van der Waals surface area contributed by atoms with Gasteiger partial charge in [0.1, 0.15) is 11.5 Å². The molecule has 0 aliphatic heterocycles. The van der Waals surface area contributed by atoms with E-state index in [1.807, 2.05) is 13.8 Å². The van der Waals surface area contributed by atoms with Crippen molar-refractivity contribution in [1.29, 1.82) is 0 Å². The third kappa shape index (κ3) is 2.61. The summed E-state index contributed by atoms with van der Waals surface area (Å²) in [6, 6.07) is 5.10. The summed E-state index contributed by atoms with van der Waals surface area (Å²) < 4.78 is 5.10. The molecule has 0 saturated heterocycles. The second-order valence-electron chi connectivity index (χ2n) is 4.08. The Bertz CT molecular complexity index is 337. The standard InChI is InChI=1S/C11H17NO3/c1-11(2,7-15-12)9-6-8(14-3)4-5-10(9)13/h4-6,13H,7,12H2,1-3H3. The zero-order valence-electron chi connectivity index (χ0n) is 9.28. The zero-order chi connectivity index (χ0) is 11.5. The van der Waals surface area contributed by atoms with Crippen LogP contribution in [0.1, 0.15) is 19.4 Å². The van der Waals surface area contributed by atoms with E-state index >= 15 is 0 Å². The van der Waals surface area contributed by atoms with Crippen LogP contribution in [0.2, 0.25) is 0 Å². The van der Waals surface area contributed by atoms with Gasteiger partial charge in [-0.3, -0.25) is 0 Å². The summed E-state index contributed by atoms with van der Waals surface area (Å²) in [7, 11) is 1.59. The maximum atomic E-state index is 9.74. The summed E-state index contributed by atoms with van der Waals surface area (Å²) in [5.74, 6) is 5.98. The second kappa shape index (κ2) is 4.51. The lowest BCUT2D eigenvalue weighted by molar-refractivity contribution is 0.0954. The van der Waals surface area contributed by atoms with Gasteiger partial charge in [0.2, 0.25) is 0 Å². The summed E-state index contributed by atoms with van der Waals surface area (Å²) in [5.41, 5.74) is 0.403. The minimum Gasteiger partial charge on any atom is -0.508 e. The van der Waals surface area contributed by atoms with Crippen LogP contribution in [0.5, 0.6) is 11.5 Å². The Morgan fingerprint density at radius 3 is 2.60 bits per heavy atom. The van der Waals surface area contributed by atoms with Gasteiger partial charge in [0.05, 0.1) is 13.7 Å². The van der Waals surface area contributed by atoms with Crippen molar-refractivity contribution in [1.82, 2.24) is 0 Å². The van der Waals surface area contributed by atoms with Crippen LogP contribution in [-0.4, -0.2) is 18.8 Å². The molecule has 0 spiro atoms. The Labute approximate surface area is 89.6 Å². The lowest BCUT2D eigenvalue weighted by Gasteiger charge is -2.24. The van der Waals surface area contributed by atoms with Crippen molar-refractivity contribution in [2.75, 3.05) is 13.7 Å². The predicted octanol–water partition coefficient (Wildman–Crippen LogP) is 1.57. The van der Waals surface area contributed by atoms with E-state index in [1.165, 1.54) is 0 Å². The fourth-order valence-corrected chi connectivity index (χ4v) is 1.47. The fourth-order valence-electron chi connectivity index (χ4n) is 1.47. The molecule has 4 heteroatoms. The predicted molar refractivity (Wildman–Crippen MR) is 57.8 cm³/mol. The van der Waals surface area contributed by atoms with E-state index in [0.717, 1.165) is 5.56 Å². The molecule has 0 aromatic heterocycles. The average Bonchev–Trinajstić information content (AvgIpc) is 2.18. The van der Waals surface area contributed by atoms with Gasteiger partial charge in [-0.1, -0.05) is 13.8 Å². The van der Waals surface area contributed by atoms with Gasteiger partial charge in [-0.2, -0.15) is 0 Å². The summed E-state index contributed by atoms with van der Waals surface area (Å²) in [6.07, 6.45) is 0. The largest absolute Gasteiger partial charge is 0.508 e. The monoisotopic (exact) mass is 211 g/mol. The van der Waals surface area contributed by atoms with Gasteiger partial charge in [-0.15, -0.1) is 0 Å². The van der Waals surface area contributed by atoms with E-state index in [4.69, 9.17) is 10.6 Å². The normalized spacial score (nSPS) is 11.5. The molecule has 0 saturated carbocycles. The number of rotatable bonds is 4. The molecule has 0 aliphatic rings. The quantitative estimate of drug-likeness (QED) is 0.742. The highest BCUT2D eigenvalue weighted by Crippen LogP contribution is 2.33. The van der Waals surface area contributed by atoms with Gasteiger partial charge >= 0.3 is 0 Å². The van der Waals surface area contributed by atoms with Crippen molar-refractivity contribution in [3.05, 3.63) is 23.8 Å². The molecular weight excluding hydrogens is 194 g/mol. The summed E-state index contributed by atoms with van der Waals surface area (Å²) in [6.45, 7) is 4.20. The molecule has 1 aromatic carbocycles. The van der Waals surface area contributed by atoms with Gasteiger partial charge in [-0.25, -0.2) is 5.90 Å². The van der Waals surface area contributed by atoms with Gasteiger partial charge in [0.25, 0.3) is 0 Å². The van der Waals surface area contributed by atoms with Crippen molar-refractivity contribution in [3.63, 3.8) is 0 Å². The summed E-state index contributed by atoms with van der Waals surface area (Å²) in [4.78, 5) is 4.64. The van der Waals surface area contributed by atoms with Crippen LogP contribution in [-0.2, 0) is 10.3 Å². The number of benzene rings is 1. The van der Waals surface area contributed by atoms with Gasteiger partial charge in [-0.05, 0) is 18.2 Å². The van der Waals surface area contributed by atoms with E-state index in [9.17, 15) is 5.11 Å². The number of phenols is 1. The molecule has 4 nitrogen and oxygen atoms in total. The number of hydrogen-bond acceptors (Lipinski definition) is 4. The molecule has 15 heavy (non-hydrogen) atoms. The van der Waals surface area contributed by atoms with Crippen LogP contribution < -0.4 is 10.6 Å². The SMILES string of the molecule is COc1ccc(O)c(C(C)(C)CON)c1. The van der Waals surface area contributed by atoms with Crippen LogP contribution in [0.25, 0.3) is 0 Å². The fraction of sp³-hybridized carbons (Fsp3) is 0.455. The Hall–Kier alpha value is -1.26. The maximum Gasteiger partial charge on any atom is 0.119 e. The lowest BCUT2D eigenvalue weighted by Crippen LogP contribution is -2.26. The molecule has 0 fully saturated rings. The average molecular weight is 211 g/mol. The molecule has 1 rings (SSSR count). The van der Waals surface area contributed by atoms with E-state index < -0.39 is 0 Å².